The van der Waals surface area contributed by atoms with E-state index >= 15 is 0 Å². The highest BCUT2D eigenvalue weighted by atomic mass is 35.5. The number of rotatable bonds is 4. The van der Waals surface area contributed by atoms with Crippen LogP contribution in [0.2, 0.25) is 5.02 Å². The lowest BCUT2D eigenvalue weighted by Crippen LogP contribution is -2.16. The third-order valence-electron chi connectivity index (χ3n) is 2.57. The highest BCUT2D eigenvalue weighted by Gasteiger charge is 2.31. The zero-order valence-corrected chi connectivity index (χ0v) is 11.5. The molecule has 0 aliphatic heterocycles. The van der Waals surface area contributed by atoms with Gasteiger partial charge in [-0.3, -0.25) is 0 Å². The fourth-order valence-electron chi connectivity index (χ4n) is 1.78. The molecule has 0 heterocycles. The summed E-state index contributed by atoms with van der Waals surface area (Å²) in [6, 6.07) is 9.03. The van der Waals surface area contributed by atoms with E-state index in [1.165, 1.54) is 30.3 Å². The molecule has 0 aliphatic carbocycles. The van der Waals surface area contributed by atoms with Gasteiger partial charge in [-0.25, -0.2) is 0 Å². The van der Waals surface area contributed by atoms with Crippen LogP contribution in [0.4, 0.5) is 22.0 Å². The smallest absolute Gasteiger partial charge is 0.433 e. The molecule has 0 spiro atoms. The molecule has 0 aliphatic rings. The molecule has 118 valence electrons. The predicted molar refractivity (Wildman–Crippen MR) is 70.2 cm³/mol. The number of hydrogen-bond acceptors (Lipinski definition) is 2. The monoisotopic (exact) mass is 338 g/mol. The average Bonchev–Trinajstić information content (AvgIpc) is 2.40. The van der Waals surface area contributed by atoms with E-state index in [4.69, 9.17) is 11.6 Å². The summed E-state index contributed by atoms with van der Waals surface area (Å²) in [5.74, 6) is -0.668. The van der Waals surface area contributed by atoms with Crippen molar-refractivity contribution in [2.24, 2.45) is 0 Å². The van der Waals surface area contributed by atoms with Crippen molar-refractivity contribution in [1.82, 2.24) is 0 Å². The van der Waals surface area contributed by atoms with Crippen molar-refractivity contribution >= 4 is 11.6 Å². The van der Waals surface area contributed by atoms with Crippen molar-refractivity contribution in [1.29, 1.82) is 0 Å². The Morgan fingerprint density at radius 3 is 2.14 bits per heavy atom. The standard InChI is InChI=1S/C14H8ClF5O2/c15-11-3-1-2-10(12(11)21-13(16)17)8-4-6-9(7-5-8)22-14(18,19)20/h1-7,13H. The zero-order valence-electron chi connectivity index (χ0n) is 10.7. The van der Waals surface area contributed by atoms with Crippen LogP contribution >= 0.6 is 11.6 Å². The average molecular weight is 339 g/mol. The van der Waals surface area contributed by atoms with Crippen LogP contribution in [-0.2, 0) is 0 Å². The maximum Gasteiger partial charge on any atom is 0.573 e. The molecule has 0 unspecified atom stereocenters. The van der Waals surface area contributed by atoms with Gasteiger partial charge < -0.3 is 9.47 Å². The first-order valence-corrected chi connectivity index (χ1v) is 6.23. The SMILES string of the molecule is FC(F)Oc1c(Cl)cccc1-c1ccc(OC(F)(F)F)cc1. The summed E-state index contributed by atoms with van der Waals surface area (Å²) < 4.78 is 69.2. The minimum absolute atomic E-state index is 0.0339. The first-order valence-electron chi connectivity index (χ1n) is 5.86. The van der Waals surface area contributed by atoms with Gasteiger partial charge in [0.15, 0.2) is 5.75 Å². The fraction of sp³-hybridized carbons (Fsp3) is 0.143. The largest absolute Gasteiger partial charge is 0.573 e. The van der Waals surface area contributed by atoms with Gasteiger partial charge in [-0.2, -0.15) is 8.78 Å². The summed E-state index contributed by atoms with van der Waals surface area (Å²) in [6.45, 7) is -3.08. The van der Waals surface area contributed by atoms with Crippen LogP contribution in [0.1, 0.15) is 0 Å². The molecular formula is C14H8ClF5O2. The van der Waals surface area contributed by atoms with E-state index in [2.05, 4.69) is 9.47 Å². The third-order valence-corrected chi connectivity index (χ3v) is 2.87. The van der Waals surface area contributed by atoms with Crippen LogP contribution in [0.15, 0.2) is 42.5 Å². The summed E-state index contributed by atoms with van der Waals surface area (Å²) in [7, 11) is 0. The maximum atomic E-state index is 12.4. The Kier molecular flexibility index (Phi) is 4.75. The van der Waals surface area contributed by atoms with E-state index in [1.54, 1.807) is 0 Å². The molecule has 2 aromatic carbocycles. The number of para-hydroxylation sites is 1. The molecule has 0 fully saturated rings. The van der Waals surface area contributed by atoms with Gasteiger partial charge in [0.1, 0.15) is 5.75 Å². The zero-order chi connectivity index (χ0) is 16.3. The molecule has 2 nitrogen and oxygen atoms in total. The Labute approximate surface area is 127 Å². The Hall–Kier alpha value is -2.02. The summed E-state index contributed by atoms with van der Waals surface area (Å²) in [4.78, 5) is 0. The molecule has 0 radical (unpaired) electrons. The Morgan fingerprint density at radius 1 is 0.955 bits per heavy atom. The molecule has 0 aromatic heterocycles. The summed E-state index contributed by atoms with van der Waals surface area (Å²) in [5, 5.41) is -0.0339. The van der Waals surface area contributed by atoms with Gasteiger partial charge in [0.25, 0.3) is 0 Å². The van der Waals surface area contributed by atoms with Crippen molar-refractivity contribution < 1.29 is 31.4 Å². The number of benzene rings is 2. The number of ether oxygens (including phenoxy) is 2. The van der Waals surface area contributed by atoms with Gasteiger partial charge in [-0.05, 0) is 23.8 Å². The number of alkyl halides is 5. The van der Waals surface area contributed by atoms with Crippen molar-refractivity contribution in [3.63, 3.8) is 0 Å². The van der Waals surface area contributed by atoms with Gasteiger partial charge in [0.2, 0.25) is 0 Å². The lowest BCUT2D eigenvalue weighted by atomic mass is 10.0. The molecule has 2 aromatic rings. The Bertz CT molecular complexity index is 641. The Balaban J connectivity index is 2.34. The Morgan fingerprint density at radius 2 is 1.59 bits per heavy atom. The van der Waals surface area contributed by atoms with Crippen molar-refractivity contribution in [2.45, 2.75) is 13.0 Å². The molecule has 0 N–H and O–H groups in total. The third kappa shape index (κ3) is 4.24. The molecular weight excluding hydrogens is 331 g/mol. The minimum atomic E-state index is -4.80. The van der Waals surface area contributed by atoms with Gasteiger partial charge >= 0.3 is 13.0 Å². The van der Waals surface area contributed by atoms with Crippen LogP contribution in [0, 0.1) is 0 Å². The fourth-order valence-corrected chi connectivity index (χ4v) is 2.00. The van der Waals surface area contributed by atoms with Crippen molar-refractivity contribution in [3.05, 3.63) is 47.5 Å². The van der Waals surface area contributed by atoms with Gasteiger partial charge in [0, 0.05) is 5.56 Å². The van der Waals surface area contributed by atoms with Crippen molar-refractivity contribution in [2.75, 3.05) is 0 Å². The molecule has 0 saturated heterocycles. The first-order chi connectivity index (χ1) is 10.3. The second-order valence-corrected chi connectivity index (χ2v) is 4.47. The molecule has 22 heavy (non-hydrogen) atoms. The summed E-state index contributed by atoms with van der Waals surface area (Å²) >= 11 is 5.81. The van der Waals surface area contributed by atoms with Crippen LogP contribution in [0.5, 0.6) is 11.5 Å². The molecule has 0 saturated carbocycles. The number of halogens is 6. The van der Waals surface area contributed by atoms with Crippen molar-refractivity contribution in [3.8, 4) is 22.6 Å². The highest BCUT2D eigenvalue weighted by Crippen LogP contribution is 2.38. The van der Waals surface area contributed by atoms with Crippen LogP contribution < -0.4 is 9.47 Å². The number of hydrogen-bond donors (Lipinski definition) is 0. The van der Waals surface area contributed by atoms with Gasteiger partial charge in [-0.15, -0.1) is 13.2 Å². The van der Waals surface area contributed by atoms with E-state index < -0.39 is 18.7 Å². The molecule has 0 amide bonds. The quantitative estimate of drug-likeness (QED) is 0.685. The lowest BCUT2D eigenvalue weighted by molar-refractivity contribution is -0.274. The predicted octanol–water partition coefficient (Wildman–Crippen LogP) is 5.51. The molecule has 0 atom stereocenters. The van der Waals surface area contributed by atoms with Gasteiger partial charge in [-0.1, -0.05) is 35.9 Å². The molecule has 0 bridgehead atoms. The normalized spacial score (nSPS) is 11.6. The summed E-state index contributed by atoms with van der Waals surface area (Å²) in [6.07, 6.45) is -4.80. The topological polar surface area (TPSA) is 18.5 Å². The lowest BCUT2D eigenvalue weighted by Gasteiger charge is -2.13. The second kappa shape index (κ2) is 6.39. The van der Waals surface area contributed by atoms with E-state index in [0.29, 0.717) is 5.56 Å². The molecule has 8 heteroatoms. The molecule has 2 rings (SSSR count). The summed E-state index contributed by atoms with van der Waals surface area (Å²) in [5.41, 5.74) is 0.582. The van der Waals surface area contributed by atoms with E-state index in [0.717, 1.165) is 12.1 Å². The maximum absolute atomic E-state index is 12.4. The van der Waals surface area contributed by atoms with E-state index in [9.17, 15) is 22.0 Å². The van der Waals surface area contributed by atoms with Gasteiger partial charge in [0.05, 0.1) is 5.02 Å². The van der Waals surface area contributed by atoms with Crippen LogP contribution in [0.25, 0.3) is 11.1 Å². The first kappa shape index (κ1) is 16.4. The van der Waals surface area contributed by atoms with Crippen LogP contribution in [-0.4, -0.2) is 13.0 Å². The van der Waals surface area contributed by atoms with E-state index in [1.807, 2.05) is 0 Å². The second-order valence-electron chi connectivity index (χ2n) is 4.07. The highest BCUT2D eigenvalue weighted by molar-refractivity contribution is 6.32. The minimum Gasteiger partial charge on any atom is -0.433 e. The van der Waals surface area contributed by atoms with E-state index in [-0.39, 0.29) is 16.3 Å². The van der Waals surface area contributed by atoms with Crippen LogP contribution in [0.3, 0.4) is 0 Å².